The van der Waals surface area contributed by atoms with Gasteiger partial charge in [-0.3, -0.25) is 9.89 Å². The van der Waals surface area contributed by atoms with E-state index in [1.165, 1.54) is 6.42 Å². The molecule has 0 aromatic carbocycles. The first kappa shape index (κ1) is 22.4. The summed E-state index contributed by atoms with van der Waals surface area (Å²) in [6, 6.07) is 0.482. The smallest absolute Gasteiger partial charge is 0.191 e. The third-order valence-corrected chi connectivity index (χ3v) is 4.96. The van der Waals surface area contributed by atoms with Crippen molar-refractivity contribution in [2.45, 2.75) is 52.2 Å². The van der Waals surface area contributed by atoms with Crippen molar-refractivity contribution in [1.82, 2.24) is 15.5 Å². The standard InChI is InChI=1S/C20H40N4O3/c1-4-21-20(22-7-5-10-27-19-6-11-26-16-19)23-15-18(14-17(2)3)24-8-12-25-13-9-24/h17-19H,4-16H2,1-3H3,(H2,21,22,23). The maximum atomic E-state index is 5.82. The SMILES string of the molecule is CCNC(=NCC(CC(C)C)N1CCOCC1)NCCCOC1CCOC1. The lowest BCUT2D eigenvalue weighted by Crippen LogP contribution is -2.46. The first-order valence-electron chi connectivity index (χ1n) is 10.7. The Morgan fingerprint density at radius 2 is 2.00 bits per heavy atom. The van der Waals surface area contributed by atoms with Gasteiger partial charge in [0.25, 0.3) is 0 Å². The number of nitrogens with zero attached hydrogens (tertiary/aromatic N) is 2. The van der Waals surface area contributed by atoms with E-state index in [-0.39, 0.29) is 6.10 Å². The first-order chi connectivity index (χ1) is 13.2. The van der Waals surface area contributed by atoms with E-state index >= 15 is 0 Å². The second kappa shape index (κ2) is 13.3. The molecule has 7 heteroatoms. The molecule has 2 heterocycles. The van der Waals surface area contributed by atoms with E-state index < -0.39 is 0 Å². The minimum atomic E-state index is 0.289. The Labute approximate surface area is 165 Å². The average molecular weight is 385 g/mol. The molecule has 27 heavy (non-hydrogen) atoms. The van der Waals surface area contributed by atoms with Crippen molar-refractivity contribution < 1.29 is 14.2 Å². The second-order valence-corrected chi connectivity index (χ2v) is 7.79. The largest absolute Gasteiger partial charge is 0.379 e. The van der Waals surface area contributed by atoms with Gasteiger partial charge < -0.3 is 24.8 Å². The van der Waals surface area contributed by atoms with Crippen molar-refractivity contribution in [3.8, 4) is 0 Å². The predicted octanol–water partition coefficient (Wildman–Crippen LogP) is 1.48. The number of rotatable bonds is 11. The summed E-state index contributed by atoms with van der Waals surface area (Å²) in [7, 11) is 0. The molecular formula is C20H40N4O3. The fraction of sp³-hybridized carbons (Fsp3) is 0.950. The quantitative estimate of drug-likeness (QED) is 0.320. The third kappa shape index (κ3) is 9.23. The number of hydrogen-bond acceptors (Lipinski definition) is 5. The van der Waals surface area contributed by atoms with Crippen molar-refractivity contribution in [2.24, 2.45) is 10.9 Å². The van der Waals surface area contributed by atoms with Crippen LogP contribution in [0.1, 0.15) is 40.0 Å². The molecule has 0 bridgehead atoms. The van der Waals surface area contributed by atoms with Gasteiger partial charge in [-0.2, -0.15) is 0 Å². The lowest BCUT2D eigenvalue weighted by Gasteiger charge is -2.34. The summed E-state index contributed by atoms with van der Waals surface area (Å²) in [4.78, 5) is 7.40. The molecule has 158 valence electrons. The number of hydrogen-bond donors (Lipinski definition) is 2. The fourth-order valence-electron chi connectivity index (χ4n) is 3.54. The lowest BCUT2D eigenvalue weighted by atomic mass is 10.0. The van der Waals surface area contributed by atoms with E-state index in [0.717, 1.165) is 84.6 Å². The molecule has 2 rings (SSSR count). The molecule has 2 aliphatic rings. The fourth-order valence-corrected chi connectivity index (χ4v) is 3.54. The maximum absolute atomic E-state index is 5.82. The van der Waals surface area contributed by atoms with Crippen molar-refractivity contribution >= 4 is 5.96 Å². The van der Waals surface area contributed by atoms with Crippen LogP contribution in [0.4, 0.5) is 0 Å². The van der Waals surface area contributed by atoms with Crippen LogP contribution in [0.3, 0.4) is 0 Å². The molecule has 7 nitrogen and oxygen atoms in total. The summed E-state index contributed by atoms with van der Waals surface area (Å²) >= 11 is 0. The highest BCUT2D eigenvalue weighted by atomic mass is 16.5. The molecule has 2 unspecified atom stereocenters. The van der Waals surface area contributed by atoms with Crippen LogP contribution in [0.2, 0.25) is 0 Å². The Hall–Kier alpha value is -0.890. The Balaban J connectivity index is 1.74. The van der Waals surface area contributed by atoms with Gasteiger partial charge in [-0.25, -0.2) is 0 Å². The van der Waals surface area contributed by atoms with Gasteiger partial charge in [0.15, 0.2) is 5.96 Å². The van der Waals surface area contributed by atoms with Gasteiger partial charge in [-0.1, -0.05) is 13.8 Å². The van der Waals surface area contributed by atoms with Crippen LogP contribution >= 0.6 is 0 Å². The van der Waals surface area contributed by atoms with Crippen LogP contribution in [-0.2, 0) is 14.2 Å². The highest BCUT2D eigenvalue weighted by molar-refractivity contribution is 5.79. The number of aliphatic imine (C=N–C) groups is 1. The van der Waals surface area contributed by atoms with Gasteiger partial charge in [0.2, 0.25) is 0 Å². The molecule has 0 aromatic rings. The van der Waals surface area contributed by atoms with Gasteiger partial charge in [-0.05, 0) is 32.1 Å². The van der Waals surface area contributed by atoms with Crippen molar-refractivity contribution in [2.75, 3.05) is 65.8 Å². The molecule has 2 atom stereocenters. The highest BCUT2D eigenvalue weighted by Gasteiger charge is 2.21. The Bertz CT molecular complexity index is 408. The molecule has 2 fully saturated rings. The summed E-state index contributed by atoms with van der Waals surface area (Å²) in [5.41, 5.74) is 0. The van der Waals surface area contributed by atoms with Gasteiger partial charge in [0, 0.05) is 45.4 Å². The monoisotopic (exact) mass is 384 g/mol. The Morgan fingerprint density at radius 1 is 1.19 bits per heavy atom. The molecule has 0 aliphatic carbocycles. The molecule has 0 spiro atoms. The normalized spacial score (nSPS) is 23.0. The summed E-state index contributed by atoms with van der Waals surface area (Å²) in [6.45, 7) is 15.3. The lowest BCUT2D eigenvalue weighted by molar-refractivity contribution is 0.0143. The van der Waals surface area contributed by atoms with Gasteiger partial charge in [0.1, 0.15) is 0 Å². The zero-order valence-corrected chi connectivity index (χ0v) is 17.5. The summed E-state index contributed by atoms with van der Waals surface area (Å²) in [5, 5.41) is 6.80. The number of ether oxygens (including phenoxy) is 3. The van der Waals surface area contributed by atoms with Crippen molar-refractivity contribution in [3.63, 3.8) is 0 Å². The van der Waals surface area contributed by atoms with Crippen molar-refractivity contribution in [1.29, 1.82) is 0 Å². The van der Waals surface area contributed by atoms with Crippen LogP contribution in [0.5, 0.6) is 0 Å². The molecule has 2 N–H and O–H groups in total. The second-order valence-electron chi connectivity index (χ2n) is 7.79. The molecule has 2 saturated heterocycles. The Morgan fingerprint density at radius 3 is 2.67 bits per heavy atom. The Kier molecular flexibility index (Phi) is 11.0. The topological polar surface area (TPSA) is 67.4 Å². The maximum Gasteiger partial charge on any atom is 0.191 e. The minimum Gasteiger partial charge on any atom is -0.379 e. The van der Waals surface area contributed by atoms with Gasteiger partial charge in [0.05, 0.1) is 32.5 Å². The summed E-state index contributed by atoms with van der Waals surface area (Å²) < 4.78 is 16.7. The summed E-state index contributed by atoms with van der Waals surface area (Å²) in [5.74, 6) is 1.57. The van der Waals surface area contributed by atoms with Crippen LogP contribution in [0, 0.1) is 5.92 Å². The van der Waals surface area contributed by atoms with Gasteiger partial charge in [-0.15, -0.1) is 0 Å². The van der Waals surface area contributed by atoms with E-state index in [0.29, 0.717) is 12.0 Å². The molecule has 0 amide bonds. The van der Waals surface area contributed by atoms with E-state index in [1.54, 1.807) is 0 Å². The number of guanidine groups is 1. The van der Waals surface area contributed by atoms with E-state index in [2.05, 4.69) is 36.3 Å². The minimum absolute atomic E-state index is 0.289. The van der Waals surface area contributed by atoms with Crippen LogP contribution < -0.4 is 10.6 Å². The molecular weight excluding hydrogens is 344 g/mol. The summed E-state index contributed by atoms with van der Waals surface area (Å²) in [6.07, 6.45) is 3.45. The molecule has 2 aliphatic heterocycles. The molecule has 0 saturated carbocycles. The van der Waals surface area contributed by atoms with Crippen molar-refractivity contribution in [3.05, 3.63) is 0 Å². The third-order valence-electron chi connectivity index (χ3n) is 4.96. The number of nitrogens with one attached hydrogen (secondary N) is 2. The highest BCUT2D eigenvalue weighted by Crippen LogP contribution is 2.14. The van der Waals surface area contributed by atoms with E-state index in [9.17, 15) is 0 Å². The zero-order chi connectivity index (χ0) is 19.3. The van der Waals surface area contributed by atoms with Crippen LogP contribution in [-0.4, -0.2) is 88.8 Å². The predicted molar refractivity (Wildman–Crippen MR) is 109 cm³/mol. The molecule has 0 radical (unpaired) electrons. The van der Waals surface area contributed by atoms with Crippen LogP contribution in [0.25, 0.3) is 0 Å². The van der Waals surface area contributed by atoms with E-state index in [4.69, 9.17) is 19.2 Å². The average Bonchev–Trinajstić information content (AvgIpc) is 3.18. The van der Waals surface area contributed by atoms with Gasteiger partial charge >= 0.3 is 0 Å². The first-order valence-corrected chi connectivity index (χ1v) is 10.7. The van der Waals surface area contributed by atoms with Crippen LogP contribution in [0.15, 0.2) is 4.99 Å². The molecule has 0 aromatic heterocycles. The zero-order valence-electron chi connectivity index (χ0n) is 17.5. The number of morpholine rings is 1. The van der Waals surface area contributed by atoms with E-state index in [1.807, 2.05) is 0 Å².